The average Bonchev–Trinajstić information content (AvgIpc) is 2.40. The normalized spacial score (nSPS) is 10.2. The molecule has 2 N–H and O–H groups in total. The SMILES string of the molecule is Cc1cccc(C)c1C(=O)Nc1c(Br)cccc1C(=O)O. The molecule has 0 spiro atoms. The Kier molecular flexibility index (Phi) is 4.43. The van der Waals surface area contributed by atoms with E-state index in [4.69, 9.17) is 0 Å². The molecule has 0 aliphatic rings. The minimum atomic E-state index is -1.09. The van der Waals surface area contributed by atoms with Gasteiger partial charge < -0.3 is 10.4 Å². The number of carboxylic acid groups (broad SMARTS) is 1. The van der Waals surface area contributed by atoms with Gasteiger partial charge in [0.25, 0.3) is 5.91 Å². The summed E-state index contributed by atoms with van der Waals surface area (Å²) in [7, 11) is 0. The third-order valence-corrected chi connectivity index (χ3v) is 3.85. The molecule has 2 aromatic rings. The molecule has 0 saturated carbocycles. The summed E-state index contributed by atoms with van der Waals surface area (Å²) in [6.45, 7) is 3.69. The Labute approximate surface area is 130 Å². The summed E-state index contributed by atoms with van der Waals surface area (Å²) in [5, 5.41) is 11.9. The number of aromatic carboxylic acids is 1. The second-order valence-electron chi connectivity index (χ2n) is 4.69. The second-order valence-corrected chi connectivity index (χ2v) is 5.54. The maximum absolute atomic E-state index is 12.5. The van der Waals surface area contributed by atoms with Gasteiger partial charge in [-0.05, 0) is 53.0 Å². The van der Waals surface area contributed by atoms with Crippen LogP contribution in [0.15, 0.2) is 40.9 Å². The lowest BCUT2D eigenvalue weighted by Crippen LogP contribution is -2.17. The number of halogens is 1. The highest BCUT2D eigenvalue weighted by Crippen LogP contribution is 2.27. The van der Waals surface area contributed by atoms with E-state index in [1.807, 2.05) is 32.0 Å². The smallest absolute Gasteiger partial charge is 0.337 e. The van der Waals surface area contributed by atoms with Gasteiger partial charge in [-0.2, -0.15) is 0 Å². The fourth-order valence-corrected chi connectivity index (χ4v) is 2.64. The van der Waals surface area contributed by atoms with E-state index < -0.39 is 5.97 Å². The van der Waals surface area contributed by atoms with E-state index in [0.29, 0.717) is 10.0 Å². The van der Waals surface area contributed by atoms with Crippen molar-refractivity contribution in [1.82, 2.24) is 0 Å². The van der Waals surface area contributed by atoms with E-state index in [1.54, 1.807) is 12.1 Å². The first-order chi connectivity index (χ1) is 9.91. The van der Waals surface area contributed by atoms with Gasteiger partial charge in [-0.3, -0.25) is 4.79 Å². The van der Waals surface area contributed by atoms with Crippen molar-refractivity contribution < 1.29 is 14.7 Å². The van der Waals surface area contributed by atoms with Crippen molar-refractivity contribution in [2.75, 3.05) is 5.32 Å². The zero-order valence-corrected chi connectivity index (χ0v) is 13.2. The number of amides is 1. The lowest BCUT2D eigenvalue weighted by Gasteiger charge is -2.13. The Balaban J connectivity index is 2.44. The highest BCUT2D eigenvalue weighted by molar-refractivity contribution is 9.10. The molecule has 0 heterocycles. The van der Waals surface area contributed by atoms with Crippen molar-refractivity contribution in [2.45, 2.75) is 13.8 Å². The topological polar surface area (TPSA) is 66.4 Å². The van der Waals surface area contributed by atoms with E-state index >= 15 is 0 Å². The van der Waals surface area contributed by atoms with Crippen molar-refractivity contribution in [2.24, 2.45) is 0 Å². The van der Waals surface area contributed by atoms with Gasteiger partial charge in [-0.25, -0.2) is 4.79 Å². The molecular weight excluding hydrogens is 334 g/mol. The van der Waals surface area contributed by atoms with Gasteiger partial charge in [0.1, 0.15) is 0 Å². The van der Waals surface area contributed by atoms with Crippen LogP contribution in [0.5, 0.6) is 0 Å². The first kappa shape index (κ1) is 15.3. The number of carboxylic acids is 1. The van der Waals surface area contributed by atoms with Gasteiger partial charge in [0.2, 0.25) is 0 Å². The highest BCUT2D eigenvalue weighted by Gasteiger charge is 2.18. The molecule has 4 nitrogen and oxygen atoms in total. The molecule has 5 heteroatoms. The second kappa shape index (κ2) is 6.10. The van der Waals surface area contributed by atoms with Crippen molar-refractivity contribution in [3.8, 4) is 0 Å². The first-order valence-electron chi connectivity index (χ1n) is 6.31. The third-order valence-electron chi connectivity index (χ3n) is 3.19. The molecule has 2 aromatic carbocycles. The molecule has 0 saturated heterocycles. The Hall–Kier alpha value is -2.14. The molecule has 0 bridgehead atoms. The van der Waals surface area contributed by atoms with Crippen LogP contribution in [0.25, 0.3) is 0 Å². The van der Waals surface area contributed by atoms with E-state index in [-0.39, 0.29) is 17.2 Å². The van der Waals surface area contributed by atoms with Gasteiger partial charge >= 0.3 is 5.97 Å². The number of para-hydroxylation sites is 1. The molecule has 21 heavy (non-hydrogen) atoms. The zero-order chi connectivity index (χ0) is 15.6. The summed E-state index contributed by atoms with van der Waals surface area (Å²) in [5.41, 5.74) is 2.55. The molecule has 0 unspecified atom stereocenters. The molecule has 1 amide bonds. The highest BCUT2D eigenvalue weighted by atomic mass is 79.9. The monoisotopic (exact) mass is 347 g/mol. The molecule has 108 valence electrons. The third kappa shape index (κ3) is 3.13. The van der Waals surface area contributed by atoms with E-state index in [0.717, 1.165) is 11.1 Å². The Morgan fingerprint density at radius 2 is 1.62 bits per heavy atom. The number of hydrogen-bond acceptors (Lipinski definition) is 2. The maximum Gasteiger partial charge on any atom is 0.337 e. The van der Waals surface area contributed by atoms with Crippen LogP contribution in [0.1, 0.15) is 31.8 Å². The van der Waals surface area contributed by atoms with Crippen molar-refractivity contribution >= 4 is 33.5 Å². The number of benzene rings is 2. The van der Waals surface area contributed by atoms with Crippen LogP contribution in [-0.4, -0.2) is 17.0 Å². The number of rotatable bonds is 3. The predicted octanol–water partition coefficient (Wildman–Crippen LogP) is 4.02. The Morgan fingerprint density at radius 1 is 1.05 bits per heavy atom. The quantitative estimate of drug-likeness (QED) is 0.881. The van der Waals surface area contributed by atoms with Crippen LogP contribution in [0, 0.1) is 13.8 Å². The molecule has 0 aliphatic carbocycles. The largest absolute Gasteiger partial charge is 0.478 e. The lowest BCUT2D eigenvalue weighted by molar-refractivity contribution is 0.0698. The van der Waals surface area contributed by atoms with Crippen LogP contribution in [0.4, 0.5) is 5.69 Å². The number of carbonyl (C=O) groups excluding carboxylic acids is 1. The van der Waals surface area contributed by atoms with Crippen LogP contribution < -0.4 is 5.32 Å². The summed E-state index contributed by atoms with van der Waals surface area (Å²) in [6, 6.07) is 10.3. The van der Waals surface area contributed by atoms with Crippen molar-refractivity contribution in [3.63, 3.8) is 0 Å². The molecule has 0 fully saturated rings. The van der Waals surface area contributed by atoms with E-state index in [1.165, 1.54) is 6.07 Å². The van der Waals surface area contributed by atoms with Gasteiger partial charge in [-0.15, -0.1) is 0 Å². The first-order valence-corrected chi connectivity index (χ1v) is 7.10. The Bertz CT molecular complexity index is 705. The van der Waals surface area contributed by atoms with Gasteiger partial charge in [0.15, 0.2) is 0 Å². The molecule has 0 atom stereocenters. The number of hydrogen-bond donors (Lipinski definition) is 2. The van der Waals surface area contributed by atoms with Crippen LogP contribution in [0.3, 0.4) is 0 Å². The van der Waals surface area contributed by atoms with E-state index in [2.05, 4.69) is 21.2 Å². The minimum absolute atomic E-state index is 0.0453. The predicted molar refractivity (Wildman–Crippen MR) is 85.0 cm³/mol. The van der Waals surface area contributed by atoms with Gasteiger partial charge in [-0.1, -0.05) is 24.3 Å². The number of nitrogens with one attached hydrogen (secondary N) is 1. The molecule has 0 radical (unpaired) electrons. The fourth-order valence-electron chi connectivity index (χ4n) is 2.18. The molecule has 0 aromatic heterocycles. The standard InChI is InChI=1S/C16H14BrNO3/c1-9-5-3-6-10(2)13(9)15(19)18-14-11(16(20)21)7-4-8-12(14)17/h3-8H,1-2H3,(H,18,19)(H,20,21). The maximum atomic E-state index is 12.5. The van der Waals surface area contributed by atoms with Crippen molar-refractivity contribution in [1.29, 1.82) is 0 Å². The summed E-state index contributed by atoms with van der Waals surface area (Å²) >= 11 is 3.28. The molecule has 2 rings (SSSR count). The summed E-state index contributed by atoms with van der Waals surface area (Å²) in [5.74, 6) is -1.41. The van der Waals surface area contributed by atoms with Gasteiger partial charge in [0, 0.05) is 10.0 Å². The lowest BCUT2D eigenvalue weighted by atomic mass is 10.0. The van der Waals surface area contributed by atoms with Gasteiger partial charge in [0.05, 0.1) is 11.3 Å². The number of anilines is 1. The summed E-state index contributed by atoms with van der Waals surface area (Å²) < 4.78 is 0.530. The Morgan fingerprint density at radius 3 is 2.19 bits per heavy atom. The number of aryl methyl sites for hydroxylation is 2. The van der Waals surface area contributed by atoms with Crippen molar-refractivity contribution in [3.05, 3.63) is 63.1 Å². The van der Waals surface area contributed by atoms with Crippen LogP contribution in [-0.2, 0) is 0 Å². The molecule has 0 aliphatic heterocycles. The minimum Gasteiger partial charge on any atom is -0.478 e. The summed E-state index contributed by atoms with van der Waals surface area (Å²) in [6.07, 6.45) is 0. The fraction of sp³-hybridized carbons (Fsp3) is 0.125. The van der Waals surface area contributed by atoms with E-state index in [9.17, 15) is 14.7 Å². The van der Waals surface area contributed by atoms with Crippen LogP contribution >= 0.6 is 15.9 Å². The molecular formula is C16H14BrNO3. The zero-order valence-electron chi connectivity index (χ0n) is 11.6. The summed E-state index contributed by atoms with van der Waals surface area (Å²) in [4.78, 5) is 23.7. The average molecular weight is 348 g/mol. The van der Waals surface area contributed by atoms with Crippen LogP contribution in [0.2, 0.25) is 0 Å². The number of carbonyl (C=O) groups is 2.